The van der Waals surface area contributed by atoms with Gasteiger partial charge in [-0.15, -0.1) is 22.7 Å². The lowest BCUT2D eigenvalue weighted by atomic mass is 10.2. The van der Waals surface area contributed by atoms with Crippen LogP contribution < -0.4 is 23.7 Å². The highest BCUT2D eigenvalue weighted by Crippen LogP contribution is 2.31. The minimum Gasteiger partial charge on any atom is -0.493 e. The van der Waals surface area contributed by atoms with Crippen LogP contribution in [0.25, 0.3) is 53.4 Å². The van der Waals surface area contributed by atoms with Crippen molar-refractivity contribution in [1.29, 1.82) is 0 Å². The van der Waals surface area contributed by atoms with E-state index in [1.165, 1.54) is 26.7 Å². The molecule has 3 aliphatic rings. The minimum absolute atomic E-state index is 0.360. The number of para-hydroxylation sites is 11. The Bertz CT molecular complexity index is 3030. The van der Waals surface area contributed by atoms with Gasteiger partial charge in [0.2, 0.25) is 6.79 Å². The highest BCUT2D eigenvalue weighted by atomic mass is 32.1. The summed E-state index contributed by atoms with van der Waals surface area (Å²) >= 11 is 3.46. The first-order valence-electron chi connectivity index (χ1n) is 39.4. The fraction of sp³-hybridized carbons (Fsp3) is 0.402. The number of fused-ring (bicyclic) bond motifs is 8. The number of ether oxygens (including phenoxy) is 5. The zero-order valence-electron chi connectivity index (χ0n) is 71.6. The molecule has 0 atom stereocenters. The second kappa shape index (κ2) is 91.2. The third-order valence-electron chi connectivity index (χ3n) is 10.9. The Kier molecular flexibility index (Phi) is 97.2. The number of thiophene rings is 1. The van der Waals surface area contributed by atoms with Gasteiger partial charge in [0, 0.05) is 16.5 Å². The fourth-order valence-corrected chi connectivity index (χ4v) is 8.73. The quantitative estimate of drug-likeness (QED) is 0.157. The smallest absolute Gasteiger partial charge is 0.231 e. The SMILES string of the molecule is CC.CC.CC.CC.CC.CC.CC.CC.CC.CC.CC.CC.CC.CC.CC.CC.c1ccc2[nH]cnc2c1.c1ccc2c(c1)CCO2.c1ccc2c(c1)OCCO2.c1ccc2c(c1)OCO2.c1ccc2occc2c1.c1ccc2ocnc2c1.c1ccc2sccc2c1.c1ccc2scnc2c1. The van der Waals surface area contributed by atoms with E-state index in [2.05, 4.69) is 67.8 Å². The molecule has 0 saturated heterocycles. The number of aromatic amines is 1. The molecule has 105 heavy (non-hydrogen) atoms. The topological polar surface area (TPSA) is 127 Å². The molecule has 13 heteroatoms. The van der Waals surface area contributed by atoms with Crippen molar-refractivity contribution < 1.29 is 32.5 Å². The molecule has 8 heterocycles. The first-order valence-corrected chi connectivity index (χ1v) is 41.2. The molecule has 0 radical (unpaired) electrons. The number of aromatic nitrogens is 4. The van der Waals surface area contributed by atoms with E-state index < -0.39 is 0 Å². The van der Waals surface area contributed by atoms with Crippen LogP contribution in [0.5, 0.6) is 28.7 Å². The molecular weight excluding hydrogens is 1340 g/mol. The number of nitrogens with zero attached hydrogens (tertiary/aromatic N) is 3. The summed E-state index contributed by atoms with van der Waals surface area (Å²) in [7, 11) is 0. The number of hydrogen-bond donors (Lipinski definition) is 1. The first kappa shape index (κ1) is 112. The van der Waals surface area contributed by atoms with Crippen molar-refractivity contribution in [1.82, 2.24) is 19.9 Å². The highest BCUT2D eigenvalue weighted by molar-refractivity contribution is 7.17. The second-order valence-electron chi connectivity index (χ2n) is 15.7. The van der Waals surface area contributed by atoms with Gasteiger partial charge in [0.25, 0.3) is 0 Å². The second-order valence-corrected chi connectivity index (χ2v) is 17.5. The van der Waals surface area contributed by atoms with Gasteiger partial charge in [0.1, 0.15) is 30.1 Å². The molecule has 3 aliphatic heterocycles. The van der Waals surface area contributed by atoms with Crippen LogP contribution in [0.2, 0.25) is 0 Å². The Morgan fingerprint density at radius 1 is 0.295 bits per heavy atom. The number of hydrogen-bond acceptors (Lipinski definition) is 12. The van der Waals surface area contributed by atoms with Crippen molar-refractivity contribution in [3.8, 4) is 28.7 Å². The van der Waals surface area contributed by atoms with Crippen molar-refractivity contribution in [3.63, 3.8) is 0 Å². The van der Waals surface area contributed by atoms with Gasteiger partial charge in [0.05, 0.1) is 46.0 Å². The number of rotatable bonds is 0. The average molecular weight is 1480 g/mol. The molecule has 13 aromatic rings. The zero-order chi connectivity index (χ0) is 81.5. The van der Waals surface area contributed by atoms with Gasteiger partial charge in [-0.2, -0.15) is 0 Å². The summed E-state index contributed by atoms with van der Waals surface area (Å²) in [5.74, 6) is 4.47. The standard InChI is InChI=1S/C8H8O2.C8H8O.C8H6O.C8H6S.C7H6N2.C7H5NO.C7H5NS.C7H6O2.16C2H6/c1-2-4-8-7(3-1)9-5-6-10-8;3*1-2-4-8-7(3-1)5-6-9-8;4*1-2-4-7-6(3-1)8-5-9-7;16*1-2/h1-4H,5-6H2;1-4H,5-6H2;2*1-6H;1-5H,(H,8,9);2*1-5H;1-4H,5H2;16*1-2H3. The van der Waals surface area contributed by atoms with Gasteiger partial charge in [-0.25, -0.2) is 15.0 Å². The van der Waals surface area contributed by atoms with Crippen molar-refractivity contribution in [2.24, 2.45) is 0 Å². The Morgan fingerprint density at radius 3 is 1.17 bits per heavy atom. The van der Waals surface area contributed by atoms with Crippen molar-refractivity contribution >= 4 is 76.1 Å². The lowest BCUT2D eigenvalue weighted by Gasteiger charge is -2.17. The lowest BCUT2D eigenvalue weighted by Crippen LogP contribution is -2.14. The van der Waals surface area contributed by atoms with Gasteiger partial charge in [-0.1, -0.05) is 337 Å². The summed E-state index contributed by atoms with van der Waals surface area (Å²) < 4.78 is 38.8. The van der Waals surface area contributed by atoms with E-state index in [4.69, 9.17) is 32.5 Å². The Balaban J connectivity index is -0.000000162. The number of thiazole rings is 1. The number of benzene rings is 8. The summed E-state index contributed by atoms with van der Waals surface area (Å²) in [5.41, 5.74) is 9.15. The van der Waals surface area contributed by atoms with Crippen LogP contribution in [0.3, 0.4) is 0 Å². The molecule has 588 valence electrons. The third-order valence-corrected chi connectivity index (χ3v) is 12.6. The molecule has 0 unspecified atom stereocenters. The minimum atomic E-state index is 0.360. The predicted molar refractivity (Wildman–Crippen MR) is 475 cm³/mol. The molecule has 1 N–H and O–H groups in total. The van der Waals surface area contributed by atoms with Crippen LogP contribution in [-0.2, 0) is 6.42 Å². The summed E-state index contributed by atoms with van der Waals surface area (Å²) in [6.45, 7) is 66.5. The molecule has 0 bridgehead atoms. The van der Waals surface area contributed by atoms with Gasteiger partial charge in [-0.05, 0) is 107 Å². The number of furan rings is 1. The zero-order valence-corrected chi connectivity index (χ0v) is 73.2. The summed E-state index contributed by atoms with van der Waals surface area (Å²) in [6, 6.07) is 67.7. The predicted octanol–water partition coefficient (Wildman–Crippen LogP) is 31.9. The molecule has 11 nitrogen and oxygen atoms in total. The number of nitrogens with one attached hydrogen (secondary N) is 1. The van der Waals surface area contributed by atoms with Crippen LogP contribution in [0.4, 0.5) is 0 Å². The van der Waals surface area contributed by atoms with Crippen molar-refractivity contribution in [2.75, 3.05) is 26.6 Å². The van der Waals surface area contributed by atoms with E-state index in [-0.39, 0.29) is 0 Å². The highest BCUT2D eigenvalue weighted by Gasteiger charge is 2.10. The number of oxazole rings is 1. The Morgan fingerprint density at radius 2 is 0.695 bits per heavy atom. The number of imidazole rings is 1. The van der Waals surface area contributed by atoms with Crippen LogP contribution >= 0.6 is 22.7 Å². The van der Waals surface area contributed by atoms with Crippen LogP contribution in [0.15, 0.2) is 245 Å². The molecule has 16 rings (SSSR count). The summed E-state index contributed by atoms with van der Waals surface area (Å²) in [4.78, 5) is 15.2. The number of H-pyrrole nitrogens is 1. The fourth-order valence-electron chi connectivity index (χ4n) is 7.26. The van der Waals surface area contributed by atoms with Gasteiger partial charge < -0.3 is 37.5 Å². The Hall–Kier alpha value is -8.91. The van der Waals surface area contributed by atoms with Crippen molar-refractivity contribution in [3.05, 3.63) is 242 Å². The molecule has 0 amide bonds. The van der Waals surface area contributed by atoms with Gasteiger partial charge in [0.15, 0.2) is 35.0 Å². The molecular formula is C92H146N4O7S2. The monoisotopic (exact) mass is 1480 g/mol. The molecule has 0 saturated carbocycles. The van der Waals surface area contributed by atoms with Crippen LogP contribution in [-0.4, -0.2) is 46.5 Å². The lowest BCUT2D eigenvalue weighted by molar-refractivity contribution is 0.171. The maximum absolute atomic E-state index is 5.30. The van der Waals surface area contributed by atoms with E-state index in [0.29, 0.717) is 20.0 Å². The summed E-state index contributed by atoms with van der Waals surface area (Å²) in [5, 5.41) is 4.63. The summed E-state index contributed by atoms with van der Waals surface area (Å²) in [6.07, 6.45) is 5.93. The maximum atomic E-state index is 5.30. The third kappa shape index (κ3) is 50.2. The molecule has 5 aromatic heterocycles. The Labute approximate surface area is 649 Å². The molecule has 8 aromatic carbocycles. The van der Waals surface area contributed by atoms with E-state index >= 15 is 0 Å². The van der Waals surface area contributed by atoms with E-state index in [1.807, 2.05) is 391 Å². The normalized spacial score (nSPS) is 9.14. The molecule has 0 spiro atoms. The van der Waals surface area contributed by atoms with E-state index in [0.717, 1.165) is 80.4 Å². The van der Waals surface area contributed by atoms with Crippen LogP contribution in [0, 0.1) is 0 Å². The van der Waals surface area contributed by atoms with Gasteiger partial charge >= 0.3 is 0 Å². The first-order chi connectivity index (χ1) is 52.2. The average Bonchev–Trinajstić information content (AvgIpc) is 1.65. The molecule has 0 fully saturated rings. The van der Waals surface area contributed by atoms with E-state index in [9.17, 15) is 0 Å². The van der Waals surface area contributed by atoms with Gasteiger partial charge in [-0.3, -0.25) is 0 Å². The molecule has 0 aliphatic carbocycles. The van der Waals surface area contributed by atoms with Crippen molar-refractivity contribution in [2.45, 2.75) is 228 Å². The van der Waals surface area contributed by atoms with E-state index in [1.54, 1.807) is 35.3 Å². The maximum Gasteiger partial charge on any atom is 0.231 e. The largest absolute Gasteiger partial charge is 0.493 e. The van der Waals surface area contributed by atoms with Crippen LogP contribution in [0.1, 0.15) is 227 Å².